The van der Waals surface area contributed by atoms with Gasteiger partial charge in [-0.1, -0.05) is 0 Å². The highest BCUT2D eigenvalue weighted by Gasteiger charge is 2.30. The molecule has 0 aliphatic carbocycles. The van der Waals surface area contributed by atoms with Crippen LogP contribution in [-0.4, -0.2) is 43.4 Å². The lowest BCUT2D eigenvalue weighted by Crippen LogP contribution is -2.56. The van der Waals surface area contributed by atoms with E-state index < -0.39 is 11.6 Å². The standard InChI is InChI=1S/C10H20N2O3/c1-10(2,3)15-9(13)8(11)7-6-14-5-4-12-7/h7-8,12H,4-6,11H2,1-3H3/t7-,8?/m0/s1. The van der Waals surface area contributed by atoms with E-state index >= 15 is 0 Å². The molecule has 88 valence electrons. The van der Waals surface area contributed by atoms with Gasteiger partial charge >= 0.3 is 5.97 Å². The number of rotatable bonds is 2. The fourth-order valence-electron chi connectivity index (χ4n) is 1.35. The SMILES string of the molecule is CC(C)(C)OC(=O)C(N)[C@@H]1COCCN1. The van der Waals surface area contributed by atoms with Gasteiger partial charge in [-0.2, -0.15) is 0 Å². The second-order valence-electron chi connectivity index (χ2n) is 4.69. The van der Waals surface area contributed by atoms with E-state index in [0.717, 1.165) is 6.54 Å². The zero-order chi connectivity index (χ0) is 11.5. The van der Waals surface area contributed by atoms with Gasteiger partial charge in [-0.3, -0.25) is 4.79 Å². The van der Waals surface area contributed by atoms with Crippen molar-refractivity contribution in [3.63, 3.8) is 0 Å². The zero-order valence-electron chi connectivity index (χ0n) is 9.58. The van der Waals surface area contributed by atoms with Gasteiger partial charge in [0.15, 0.2) is 0 Å². The normalized spacial score (nSPS) is 24.7. The Kier molecular flexibility index (Phi) is 4.07. The lowest BCUT2D eigenvalue weighted by atomic mass is 10.1. The fraction of sp³-hybridized carbons (Fsp3) is 0.900. The maximum atomic E-state index is 11.6. The van der Waals surface area contributed by atoms with Crippen LogP contribution in [0.4, 0.5) is 0 Å². The van der Waals surface area contributed by atoms with Crippen LogP contribution in [0, 0.1) is 0 Å². The molecule has 0 bridgehead atoms. The van der Waals surface area contributed by atoms with Gasteiger partial charge < -0.3 is 20.5 Å². The van der Waals surface area contributed by atoms with Gasteiger partial charge in [0, 0.05) is 6.54 Å². The van der Waals surface area contributed by atoms with Crippen LogP contribution in [-0.2, 0) is 14.3 Å². The van der Waals surface area contributed by atoms with Crippen LogP contribution in [0.5, 0.6) is 0 Å². The third-order valence-electron chi connectivity index (χ3n) is 2.06. The highest BCUT2D eigenvalue weighted by molar-refractivity contribution is 5.76. The highest BCUT2D eigenvalue weighted by atomic mass is 16.6. The molecule has 1 aliphatic heterocycles. The van der Waals surface area contributed by atoms with Crippen molar-refractivity contribution < 1.29 is 14.3 Å². The number of ether oxygens (including phenoxy) is 2. The van der Waals surface area contributed by atoms with Crippen molar-refractivity contribution >= 4 is 5.97 Å². The molecule has 3 N–H and O–H groups in total. The molecule has 5 nitrogen and oxygen atoms in total. The van der Waals surface area contributed by atoms with Gasteiger partial charge in [0.2, 0.25) is 0 Å². The molecule has 0 aromatic carbocycles. The Labute approximate surface area is 90.3 Å². The van der Waals surface area contributed by atoms with E-state index in [2.05, 4.69) is 5.32 Å². The van der Waals surface area contributed by atoms with Crippen molar-refractivity contribution in [3.05, 3.63) is 0 Å². The van der Waals surface area contributed by atoms with Crippen LogP contribution in [0.3, 0.4) is 0 Å². The average molecular weight is 216 g/mol. The first-order chi connectivity index (χ1) is 6.90. The van der Waals surface area contributed by atoms with E-state index in [1.54, 1.807) is 0 Å². The molecule has 0 aromatic heterocycles. The molecular weight excluding hydrogens is 196 g/mol. The Morgan fingerprint density at radius 1 is 1.60 bits per heavy atom. The predicted molar refractivity (Wildman–Crippen MR) is 56.4 cm³/mol. The van der Waals surface area contributed by atoms with E-state index in [0.29, 0.717) is 13.2 Å². The summed E-state index contributed by atoms with van der Waals surface area (Å²) in [6.07, 6.45) is 0. The molecule has 0 radical (unpaired) electrons. The van der Waals surface area contributed by atoms with Crippen LogP contribution >= 0.6 is 0 Å². The smallest absolute Gasteiger partial charge is 0.325 e. The first-order valence-corrected chi connectivity index (χ1v) is 5.20. The van der Waals surface area contributed by atoms with Crippen LogP contribution in [0.15, 0.2) is 0 Å². The van der Waals surface area contributed by atoms with Gasteiger partial charge in [-0.05, 0) is 20.8 Å². The summed E-state index contributed by atoms with van der Waals surface area (Å²) in [5, 5.41) is 3.13. The first-order valence-electron chi connectivity index (χ1n) is 5.20. The minimum absolute atomic E-state index is 0.145. The zero-order valence-corrected chi connectivity index (χ0v) is 9.58. The van der Waals surface area contributed by atoms with Crippen molar-refractivity contribution in [1.82, 2.24) is 5.32 Å². The van der Waals surface area contributed by atoms with E-state index in [9.17, 15) is 4.79 Å². The van der Waals surface area contributed by atoms with E-state index in [-0.39, 0.29) is 12.0 Å². The van der Waals surface area contributed by atoms with Crippen LogP contribution in [0.2, 0.25) is 0 Å². The van der Waals surface area contributed by atoms with Gasteiger partial charge in [0.1, 0.15) is 11.6 Å². The molecule has 1 saturated heterocycles. The maximum absolute atomic E-state index is 11.6. The van der Waals surface area contributed by atoms with Crippen molar-refractivity contribution in [1.29, 1.82) is 0 Å². The number of carbonyl (C=O) groups excluding carboxylic acids is 1. The fourth-order valence-corrected chi connectivity index (χ4v) is 1.35. The van der Waals surface area contributed by atoms with Gasteiger partial charge in [-0.25, -0.2) is 0 Å². The predicted octanol–water partition coefficient (Wildman–Crippen LogP) is -0.356. The third kappa shape index (κ3) is 4.15. The van der Waals surface area contributed by atoms with Crippen LogP contribution in [0.25, 0.3) is 0 Å². The molecule has 1 fully saturated rings. The lowest BCUT2D eigenvalue weighted by Gasteiger charge is -2.29. The molecule has 1 aliphatic rings. The minimum atomic E-state index is -0.662. The number of hydrogen-bond donors (Lipinski definition) is 2. The van der Waals surface area contributed by atoms with Crippen molar-refractivity contribution in [2.24, 2.45) is 5.73 Å². The molecule has 0 spiro atoms. The summed E-state index contributed by atoms with van der Waals surface area (Å²) in [6.45, 7) is 7.31. The number of nitrogens with two attached hydrogens (primary N) is 1. The first kappa shape index (κ1) is 12.4. The number of carbonyl (C=O) groups is 1. The molecule has 5 heteroatoms. The third-order valence-corrected chi connectivity index (χ3v) is 2.06. The summed E-state index contributed by atoms with van der Waals surface area (Å²) in [5.41, 5.74) is 5.29. The number of esters is 1. The molecular formula is C10H20N2O3. The second-order valence-corrected chi connectivity index (χ2v) is 4.69. The summed E-state index contributed by atoms with van der Waals surface area (Å²) in [6, 6.07) is -0.807. The molecule has 1 rings (SSSR count). The average Bonchev–Trinajstić information content (AvgIpc) is 2.15. The molecule has 1 unspecified atom stereocenters. The Balaban J connectivity index is 2.44. The molecule has 0 saturated carbocycles. The minimum Gasteiger partial charge on any atom is -0.459 e. The lowest BCUT2D eigenvalue weighted by molar-refractivity contribution is -0.158. The van der Waals surface area contributed by atoms with E-state index in [1.807, 2.05) is 20.8 Å². The Hall–Kier alpha value is -0.650. The molecule has 0 aromatic rings. The topological polar surface area (TPSA) is 73.6 Å². The number of hydrogen-bond acceptors (Lipinski definition) is 5. The molecule has 1 heterocycles. The van der Waals surface area contributed by atoms with Crippen molar-refractivity contribution in [3.8, 4) is 0 Å². The summed E-state index contributed by atoms with van der Waals surface area (Å²) >= 11 is 0. The maximum Gasteiger partial charge on any atom is 0.325 e. The van der Waals surface area contributed by atoms with Gasteiger partial charge in [0.25, 0.3) is 0 Å². The number of morpholine rings is 1. The Morgan fingerprint density at radius 3 is 2.73 bits per heavy atom. The summed E-state index contributed by atoms with van der Waals surface area (Å²) < 4.78 is 10.4. The monoisotopic (exact) mass is 216 g/mol. The van der Waals surface area contributed by atoms with Crippen LogP contribution in [0.1, 0.15) is 20.8 Å². The van der Waals surface area contributed by atoms with Crippen LogP contribution < -0.4 is 11.1 Å². The number of nitrogens with one attached hydrogen (secondary N) is 1. The summed E-state index contributed by atoms with van der Waals surface area (Å²) in [7, 11) is 0. The molecule has 0 amide bonds. The molecule has 2 atom stereocenters. The second kappa shape index (κ2) is 4.92. The van der Waals surface area contributed by atoms with Crippen molar-refractivity contribution in [2.45, 2.75) is 38.5 Å². The Bertz CT molecular complexity index is 219. The quantitative estimate of drug-likeness (QED) is 0.617. The summed E-state index contributed by atoms with van der Waals surface area (Å²) in [4.78, 5) is 11.6. The summed E-state index contributed by atoms with van der Waals surface area (Å²) in [5.74, 6) is -0.384. The van der Waals surface area contributed by atoms with Gasteiger partial charge in [-0.15, -0.1) is 0 Å². The van der Waals surface area contributed by atoms with E-state index in [1.165, 1.54) is 0 Å². The molecule has 15 heavy (non-hydrogen) atoms. The highest BCUT2D eigenvalue weighted by Crippen LogP contribution is 2.09. The van der Waals surface area contributed by atoms with Crippen molar-refractivity contribution in [2.75, 3.05) is 19.8 Å². The Morgan fingerprint density at radius 2 is 2.27 bits per heavy atom. The van der Waals surface area contributed by atoms with E-state index in [4.69, 9.17) is 15.2 Å². The largest absolute Gasteiger partial charge is 0.459 e. The van der Waals surface area contributed by atoms with Gasteiger partial charge in [0.05, 0.1) is 19.3 Å².